The Kier molecular flexibility index (Phi) is 4.85. The minimum atomic E-state index is -0.803. The van der Waals surface area contributed by atoms with Gasteiger partial charge in [-0.25, -0.2) is 8.78 Å². The molecule has 0 aliphatic carbocycles. The number of morpholine rings is 1. The van der Waals surface area contributed by atoms with Gasteiger partial charge in [0, 0.05) is 25.4 Å². The molecule has 1 amide bonds. The van der Waals surface area contributed by atoms with E-state index in [4.69, 9.17) is 10.00 Å². The lowest BCUT2D eigenvalue weighted by Gasteiger charge is -2.26. The van der Waals surface area contributed by atoms with Crippen molar-refractivity contribution in [2.45, 2.75) is 0 Å². The van der Waals surface area contributed by atoms with E-state index in [9.17, 15) is 13.6 Å². The van der Waals surface area contributed by atoms with Crippen LogP contribution in [0, 0.1) is 23.0 Å². The van der Waals surface area contributed by atoms with Crippen molar-refractivity contribution in [3.63, 3.8) is 0 Å². The van der Waals surface area contributed by atoms with Crippen LogP contribution in [-0.2, 0) is 9.53 Å². The van der Waals surface area contributed by atoms with Crippen molar-refractivity contribution in [1.82, 2.24) is 4.90 Å². The highest BCUT2D eigenvalue weighted by atomic mass is 19.1. The Labute approximate surface area is 120 Å². The van der Waals surface area contributed by atoms with E-state index in [2.05, 4.69) is 5.32 Å². The molecule has 0 spiro atoms. The lowest BCUT2D eigenvalue weighted by Crippen LogP contribution is -2.41. The summed E-state index contributed by atoms with van der Waals surface area (Å²) in [6.07, 6.45) is 1.12. The molecular weight excluding hydrogens is 280 g/mol. The normalized spacial score (nSPS) is 15.5. The monoisotopic (exact) mass is 293 g/mol. The van der Waals surface area contributed by atoms with Gasteiger partial charge in [-0.2, -0.15) is 5.26 Å². The fraction of sp³-hybridized carbons (Fsp3) is 0.286. The van der Waals surface area contributed by atoms with Crippen LogP contribution in [0.5, 0.6) is 0 Å². The first kappa shape index (κ1) is 14.9. The van der Waals surface area contributed by atoms with Gasteiger partial charge in [0.2, 0.25) is 0 Å². The summed E-state index contributed by atoms with van der Waals surface area (Å²) in [4.78, 5) is 13.6. The van der Waals surface area contributed by atoms with E-state index >= 15 is 0 Å². The summed E-state index contributed by atoms with van der Waals surface area (Å²) in [6, 6.07) is 4.75. The Morgan fingerprint density at radius 3 is 2.71 bits per heavy atom. The van der Waals surface area contributed by atoms with Crippen LogP contribution in [0.3, 0.4) is 0 Å². The summed E-state index contributed by atoms with van der Waals surface area (Å²) in [6.45, 7) is 1.65. The van der Waals surface area contributed by atoms with Gasteiger partial charge in [-0.15, -0.1) is 0 Å². The first-order valence-electron chi connectivity index (χ1n) is 6.30. The third-order valence-electron chi connectivity index (χ3n) is 2.95. The second-order valence-electron chi connectivity index (χ2n) is 4.34. The number of hydrogen-bond acceptors (Lipinski definition) is 4. The molecule has 0 bridgehead atoms. The number of nitrogens with one attached hydrogen (secondary N) is 1. The zero-order chi connectivity index (χ0) is 15.2. The van der Waals surface area contributed by atoms with Crippen molar-refractivity contribution in [3.8, 4) is 6.07 Å². The van der Waals surface area contributed by atoms with Gasteiger partial charge in [-0.05, 0) is 12.1 Å². The Morgan fingerprint density at radius 1 is 1.38 bits per heavy atom. The third kappa shape index (κ3) is 3.77. The second-order valence-corrected chi connectivity index (χ2v) is 4.34. The van der Waals surface area contributed by atoms with E-state index < -0.39 is 17.5 Å². The van der Waals surface area contributed by atoms with Crippen LogP contribution in [0.2, 0.25) is 0 Å². The fourth-order valence-corrected chi connectivity index (χ4v) is 1.84. The van der Waals surface area contributed by atoms with Gasteiger partial charge in [-0.3, -0.25) is 4.79 Å². The highest BCUT2D eigenvalue weighted by molar-refractivity contribution is 5.97. The van der Waals surface area contributed by atoms with Crippen LogP contribution < -0.4 is 5.32 Å². The van der Waals surface area contributed by atoms with E-state index in [0.29, 0.717) is 32.4 Å². The molecule has 2 rings (SSSR count). The molecule has 1 aromatic rings. The van der Waals surface area contributed by atoms with Gasteiger partial charge >= 0.3 is 0 Å². The van der Waals surface area contributed by atoms with Crippen molar-refractivity contribution in [2.75, 3.05) is 31.6 Å². The van der Waals surface area contributed by atoms with E-state index in [1.807, 2.05) is 0 Å². The average molecular weight is 293 g/mol. The van der Waals surface area contributed by atoms with Crippen LogP contribution >= 0.6 is 0 Å². The van der Waals surface area contributed by atoms with Crippen molar-refractivity contribution >= 4 is 11.6 Å². The standard InChI is InChI=1S/C14H13F2N3O2/c15-11-1-2-13(12(16)7-11)18-9-10(8-17)14(20)19-3-5-21-6-4-19/h1-2,7,9,18H,3-6H2/b10-9-. The van der Waals surface area contributed by atoms with Gasteiger partial charge in [0.25, 0.3) is 5.91 Å². The number of benzene rings is 1. The van der Waals surface area contributed by atoms with Gasteiger partial charge < -0.3 is 15.0 Å². The molecule has 0 unspecified atom stereocenters. The number of rotatable bonds is 3. The fourth-order valence-electron chi connectivity index (χ4n) is 1.84. The molecule has 7 heteroatoms. The van der Waals surface area contributed by atoms with Crippen LogP contribution in [0.1, 0.15) is 0 Å². The van der Waals surface area contributed by atoms with Crippen LogP contribution in [0.15, 0.2) is 30.0 Å². The number of nitriles is 1. The van der Waals surface area contributed by atoms with Gasteiger partial charge in [0.05, 0.1) is 18.9 Å². The molecule has 1 aromatic carbocycles. The summed E-state index contributed by atoms with van der Waals surface area (Å²) in [5.41, 5.74) is -0.167. The molecule has 0 saturated carbocycles. The van der Waals surface area contributed by atoms with Crippen LogP contribution in [0.4, 0.5) is 14.5 Å². The highest BCUT2D eigenvalue weighted by Gasteiger charge is 2.20. The summed E-state index contributed by atoms with van der Waals surface area (Å²) in [7, 11) is 0. The number of halogens is 2. The number of anilines is 1. The number of amides is 1. The molecule has 0 radical (unpaired) electrons. The van der Waals surface area contributed by atoms with Gasteiger partial charge in [0.15, 0.2) is 0 Å². The molecule has 0 aromatic heterocycles. The van der Waals surface area contributed by atoms with Gasteiger partial charge in [-0.1, -0.05) is 0 Å². The number of ether oxygens (including phenoxy) is 1. The average Bonchev–Trinajstić information content (AvgIpc) is 2.50. The van der Waals surface area contributed by atoms with Gasteiger partial charge in [0.1, 0.15) is 23.3 Å². The number of carbonyl (C=O) groups is 1. The van der Waals surface area contributed by atoms with E-state index in [1.165, 1.54) is 11.0 Å². The first-order chi connectivity index (χ1) is 10.1. The lowest BCUT2D eigenvalue weighted by molar-refractivity contribution is -0.130. The smallest absolute Gasteiger partial charge is 0.266 e. The van der Waals surface area contributed by atoms with E-state index in [-0.39, 0.29) is 11.3 Å². The predicted molar refractivity (Wildman–Crippen MR) is 71.1 cm³/mol. The number of carbonyl (C=O) groups excluding carboxylic acids is 1. The van der Waals surface area contributed by atoms with Crippen molar-refractivity contribution in [1.29, 1.82) is 5.26 Å². The molecule has 0 atom stereocenters. The Hall–Kier alpha value is -2.46. The van der Waals surface area contributed by atoms with Crippen LogP contribution in [0.25, 0.3) is 0 Å². The maximum Gasteiger partial charge on any atom is 0.266 e. The van der Waals surface area contributed by atoms with Crippen molar-refractivity contribution in [3.05, 3.63) is 41.6 Å². The molecular formula is C14H13F2N3O2. The maximum atomic E-state index is 13.4. The minimum Gasteiger partial charge on any atom is -0.378 e. The zero-order valence-corrected chi connectivity index (χ0v) is 11.1. The largest absolute Gasteiger partial charge is 0.378 e. The summed E-state index contributed by atoms with van der Waals surface area (Å²) in [5.74, 6) is -1.95. The molecule has 1 aliphatic rings. The summed E-state index contributed by atoms with van der Waals surface area (Å²) >= 11 is 0. The molecule has 1 fully saturated rings. The van der Waals surface area contributed by atoms with E-state index in [1.54, 1.807) is 6.07 Å². The predicted octanol–water partition coefficient (Wildman–Crippen LogP) is 1.64. The molecule has 21 heavy (non-hydrogen) atoms. The van der Waals surface area contributed by atoms with E-state index in [0.717, 1.165) is 12.3 Å². The highest BCUT2D eigenvalue weighted by Crippen LogP contribution is 2.15. The summed E-state index contributed by atoms with van der Waals surface area (Å²) in [5, 5.41) is 11.5. The number of hydrogen-bond donors (Lipinski definition) is 1. The Balaban J connectivity index is 2.09. The SMILES string of the molecule is N#C/C(=C/Nc1ccc(F)cc1F)C(=O)N1CCOCC1. The molecule has 1 N–H and O–H groups in total. The number of nitrogens with zero attached hydrogens (tertiary/aromatic N) is 2. The van der Waals surface area contributed by atoms with Crippen LogP contribution in [-0.4, -0.2) is 37.1 Å². The molecule has 110 valence electrons. The molecule has 1 heterocycles. The lowest BCUT2D eigenvalue weighted by atomic mass is 10.2. The third-order valence-corrected chi connectivity index (χ3v) is 2.95. The Morgan fingerprint density at radius 2 is 2.10 bits per heavy atom. The zero-order valence-electron chi connectivity index (χ0n) is 11.1. The van der Waals surface area contributed by atoms with Crippen molar-refractivity contribution in [2.24, 2.45) is 0 Å². The first-order valence-corrected chi connectivity index (χ1v) is 6.30. The van der Waals surface area contributed by atoms with Crippen molar-refractivity contribution < 1.29 is 18.3 Å². The molecule has 5 nitrogen and oxygen atoms in total. The second kappa shape index (κ2) is 6.81. The minimum absolute atomic E-state index is 0.0149. The summed E-state index contributed by atoms with van der Waals surface area (Å²) < 4.78 is 31.3. The molecule has 1 aliphatic heterocycles. The Bertz CT molecular complexity index is 605. The quantitative estimate of drug-likeness (QED) is 0.679. The topological polar surface area (TPSA) is 65.4 Å². The molecule has 1 saturated heterocycles. The maximum absolute atomic E-state index is 13.4.